The highest BCUT2D eigenvalue weighted by molar-refractivity contribution is 9.10. The maximum atomic E-state index is 12.4. The number of amides is 1. The molecule has 0 radical (unpaired) electrons. The summed E-state index contributed by atoms with van der Waals surface area (Å²) in [7, 11) is 1.50. The maximum Gasteiger partial charge on any atom is 0.251 e. The lowest BCUT2D eigenvalue weighted by molar-refractivity contribution is 0.0843. The molecule has 0 spiro atoms. The first-order chi connectivity index (χ1) is 14.0. The number of rotatable bonds is 9. The van der Waals surface area contributed by atoms with Gasteiger partial charge in [-0.2, -0.15) is 0 Å². The van der Waals surface area contributed by atoms with Crippen molar-refractivity contribution in [1.29, 1.82) is 0 Å². The average Bonchev–Trinajstić information content (AvgIpc) is 3.19. The van der Waals surface area contributed by atoms with E-state index in [1.54, 1.807) is 30.3 Å². The number of ether oxygens (including phenoxy) is 5. The summed E-state index contributed by atoms with van der Waals surface area (Å²) in [5.74, 6) is 2.41. The van der Waals surface area contributed by atoms with E-state index in [9.17, 15) is 9.90 Å². The fourth-order valence-corrected chi connectivity index (χ4v) is 3.22. The van der Waals surface area contributed by atoms with Gasteiger partial charge >= 0.3 is 0 Å². The Hall–Kier alpha value is -2.65. The van der Waals surface area contributed by atoms with Crippen molar-refractivity contribution in [3.05, 3.63) is 40.4 Å². The number of benzene rings is 2. The van der Waals surface area contributed by atoms with Crippen LogP contribution in [-0.2, 0) is 0 Å². The van der Waals surface area contributed by atoms with Crippen LogP contribution in [0.4, 0.5) is 0 Å². The minimum atomic E-state index is -0.891. The van der Waals surface area contributed by atoms with Crippen molar-refractivity contribution in [3.8, 4) is 28.7 Å². The predicted molar refractivity (Wildman–Crippen MR) is 108 cm³/mol. The van der Waals surface area contributed by atoms with Gasteiger partial charge in [0, 0.05) is 18.2 Å². The third kappa shape index (κ3) is 5.24. The van der Waals surface area contributed by atoms with Crippen LogP contribution >= 0.6 is 15.9 Å². The van der Waals surface area contributed by atoms with Crippen LogP contribution in [0.2, 0.25) is 0 Å². The number of carbonyl (C=O) groups is 1. The molecule has 2 N–H and O–H groups in total. The molecule has 2 aromatic rings. The van der Waals surface area contributed by atoms with Gasteiger partial charge in [-0.25, -0.2) is 0 Å². The highest BCUT2D eigenvalue weighted by Gasteiger charge is 2.17. The Morgan fingerprint density at radius 3 is 2.79 bits per heavy atom. The lowest BCUT2D eigenvalue weighted by atomic mass is 10.2. The fourth-order valence-electron chi connectivity index (χ4n) is 2.67. The zero-order chi connectivity index (χ0) is 20.8. The molecule has 1 unspecified atom stereocenters. The lowest BCUT2D eigenvalue weighted by Gasteiger charge is -2.15. The molecule has 0 aliphatic carbocycles. The molecule has 0 saturated carbocycles. The van der Waals surface area contributed by atoms with E-state index in [-0.39, 0.29) is 25.9 Å². The van der Waals surface area contributed by atoms with Crippen molar-refractivity contribution in [2.75, 3.05) is 33.7 Å². The van der Waals surface area contributed by atoms with E-state index >= 15 is 0 Å². The third-order valence-electron chi connectivity index (χ3n) is 4.06. The second-order valence-corrected chi connectivity index (χ2v) is 6.97. The Kier molecular flexibility index (Phi) is 7.05. The van der Waals surface area contributed by atoms with Gasteiger partial charge in [-0.3, -0.25) is 4.79 Å². The van der Waals surface area contributed by atoms with Gasteiger partial charge < -0.3 is 34.1 Å². The molecule has 8 nitrogen and oxygen atoms in total. The summed E-state index contributed by atoms with van der Waals surface area (Å²) < 4.78 is 27.5. The summed E-state index contributed by atoms with van der Waals surface area (Å²) in [6.07, 6.45) is -0.891. The van der Waals surface area contributed by atoms with Gasteiger partial charge in [0.1, 0.15) is 18.5 Å². The summed E-state index contributed by atoms with van der Waals surface area (Å²) in [5.41, 5.74) is 0.376. The molecular weight excluding hydrogens is 446 g/mol. The van der Waals surface area contributed by atoms with E-state index in [1.165, 1.54) is 7.11 Å². The predicted octanol–water partition coefficient (Wildman–Crippen LogP) is 2.75. The SMILES string of the molecule is CCOc1c(Br)cc(C(=O)NCC(O)COc2ccc3c(c2)OCO3)cc1OC. The van der Waals surface area contributed by atoms with Crippen LogP contribution in [0.25, 0.3) is 0 Å². The van der Waals surface area contributed by atoms with Crippen molar-refractivity contribution in [1.82, 2.24) is 5.32 Å². The van der Waals surface area contributed by atoms with Crippen molar-refractivity contribution in [2.45, 2.75) is 13.0 Å². The first-order valence-electron chi connectivity index (χ1n) is 9.00. The normalized spacial score (nSPS) is 13.0. The minimum Gasteiger partial charge on any atom is -0.493 e. The first-order valence-corrected chi connectivity index (χ1v) is 9.80. The van der Waals surface area contributed by atoms with E-state index in [4.69, 9.17) is 23.7 Å². The van der Waals surface area contributed by atoms with Gasteiger partial charge in [0.25, 0.3) is 5.91 Å². The van der Waals surface area contributed by atoms with Gasteiger partial charge in [0.2, 0.25) is 6.79 Å². The van der Waals surface area contributed by atoms with Crippen LogP contribution in [0.15, 0.2) is 34.8 Å². The third-order valence-corrected chi connectivity index (χ3v) is 4.65. The van der Waals surface area contributed by atoms with Crippen LogP contribution < -0.4 is 29.0 Å². The molecule has 1 heterocycles. The molecule has 0 fully saturated rings. The van der Waals surface area contributed by atoms with Crippen LogP contribution in [0.3, 0.4) is 0 Å². The van der Waals surface area contributed by atoms with Crippen LogP contribution in [0.1, 0.15) is 17.3 Å². The molecule has 1 atom stereocenters. The van der Waals surface area contributed by atoms with E-state index in [2.05, 4.69) is 21.2 Å². The summed E-state index contributed by atoms with van der Waals surface area (Å²) in [6.45, 7) is 2.54. The maximum absolute atomic E-state index is 12.4. The second-order valence-electron chi connectivity index (χ2n) is 6.11. The van der Waals surface area contributed by atoms with Gasteiger partial charge in [-0.15, -0.1) is 0 Å². The Balaban J connectivity index is 1.52. The van der Waals surface area contributed by atoms with E-state index < -0.39 is 6.10 Å². The minimum absolute atomic E-state index is 0.0101. The molecule has 2 aromatic carbocycles. The number of hydrogen-bond donors (Lipinski definition) is 2. The molecule has 156 valence electrons. The standard InChI is InChI=1S/C20H22BrNO7/c1-3-26-19-15(21)6-12(7-18(19)25-2)20(24)22-9-13(23)10-27-14-4-5-16-17(8-14)29-11-28-16/h4-8,13,23H,3,9-11H2,1-2H3,(H,22,24). The Morgan fingerprint density at radius 2 is 2.03 bits per heavy atom. The number of aliphatic hydroxyl groups excluding tert-OH is 1. The first kappa shape index (κ1) is 21.1. The van der Waals surface area contributed by atoms with E-state index in [1.807, 2.05) is 6.92 Å². The molecule has 29 heavy (non-hydrogen) atoms. The molecule has 0 aromatic heterocycles. The smallest absolute Gasteiger partial charge is 0.251 e. The molecular formula is C20H22BrNO7. The number of halogens is 1. The number of methoxy groups -OCH3 is 1. The summed E-state index contributed by atoms with van der Waals surface area (Å²) in [4.78, 5) is 12.4. The van der Waals surface area contributed by atoms with Crippen molar-refractivity contribution >= 4 is 21.8 Å². The molecule has 1 amide bonds. The van der Waals surface area contributed by atoms with Gasteiger partial charge in [-0.05, 0) is 47.1 Å². The van der Waals surface area contributed by atoms with E-state index in [0.29, 0.717) is 45.4 Å². The molecule has 9 heteroatoms. The Bertz CT molecular complexity index is 874. The zero-order valence-electron chi connectivity index (χ0n) is 16.1. The number of nitrogens with one attached hydrogen (secondary N) is 1. The van der Waals surface area contributed by atoms with Crippen LogP contribution in [0, 0.1) is 0 Å². The van der Waals surface area contributed by atoms with E-state index in [0.717, 1.165) is 0 Å². The molecule has 3 rings (SSSR count). The summed E-state index contributed by atoms with van der Waals surface area (Å²) >= 11 is 3.39. The fraction of sp³-hybridized carbons (Fsp3) is 0.350. The molecule has 1 aliphatic heterocycles. The monoisotopic (exact) mass is 467 g/mol. The van der Waals surface area contributed by atoms with Gasteiger partial charge in [-0.1, -0.05) is 0 Å². The highest BCUT2D eigenvalue weighted by Crippen LogP contribution is 2.37. The lowest BCUT2D eigenvalue weighted by Crippen LogP contribution is -2.35. The summed E-state index contributed by atoms with van der Waals surface area (Å²) in [6, 6.07) is 8.38. The second kappa shape index (κ2) is 9.71. The molecule has 0 saturated heterocycles. The largest absolute Gasteiger partial charge is 0.493 e. The number of hydrogen-bond acceptors (Lipinski definition) is 7. The summed E-state index contributed by atoms with van der Waals surface area (Å²) in [5, 5.41) is 12.8. The Labute approximate surface area is 176 Å². The molecule has 1 aliphatic rings. The van der Waals surface area contributed by atoms with Crippen LogP contribution in [0.5, 0.6) is 28.7 Å². The number of aliphatic hydroxyl groups is 1. The number of carbonyl (C=O) groups excluding carboxylic acids is 1. The Morgan fingerprint density at radius 1 is 1.24 bits per heavy atom. The average molecular weight is 468 g/mol. The number of fused-ring (bicyclic) bond motifs is 1. The molecule has 0 bridgehead atoms. The van der Waals surface area contributed by atoms with Gasteiger partial charge in [0.15, 0.2) is 23.0 Å². The van der Waals surface area contributed by atoms with Gasteiger partial charge in [0.05, 0.1) is 18.2 Å². The van der Waals surface area contributed by atoms with Crippen molar-refractivity contribution in [3.63, 3.8) is 0 Å². The topological polar surface area (TPSA) is 95.5 Å². The van der Waals surface area contributed by atoms with Crippen molar-refractivity contribution < 1.29 is 33.6 Å². The zero-order valence-corrected chi connectivity index (χ0v) is 17.7. The quantitative estimate of drug-likeness (QED) is 0.585. The van der Waals surface area contributed by atoms with Crippen molar-refractivity contribution in [2.24, 2.45) is 0 Å². The van der Waals surface area contributed by atoms with Crippen LogP contribution in [-0.4, -0.2) is 50.8 Å². The highest BCUT2D eigenvalue weighted by atomic mass is 79.9.